The highest BCUT2D eigenvalue weighted by Crippen LogP contribution is 2.41. The van der Waals surface area contributed by atoms with Crippen molar-refractivity contribution in [2.45, 2.75) is 36.0 Å². The van der Waals surface area contributed by atoms with Gasteiger partial charge in [-0.05, 0) is 31.2 Å². The molecule has 6 heteroatoms. The molecule has 1 heterocycles. The molecule has 1 aliphatic rings. The number of hydrogen-bond acceptors (Lipinski definition) is 3. The third kappa shape index (κ3) is 1.83. The first-order valence-corrected chi connectivity index (χ1v) is 7.38. The quantitative estimate of drug-likeness (QED) is 0.860. The largest absolute Gasteiger partial charge is 0.312 e. The van der Waals surface area contributed by atoms with E-state index in [0.29, 0.717) is 18.4 Å². The molecule has 100 valence electrons. The van der Waals surface area contributed by atoms with E-state index < -0.39 is 32.8 Å². The van der Waals surface area contributed by atoms with Crippen molar-refractivity contribution in [3.8, 4) is 0 Å². The Balaban J connectivity index is 2.64. The summed E-state index contributed by atoms with van der Waals surface area (Å²) < 4.78 is 51.0. The van der Waals surface area contributed by atoms with Crippen LogP contribution in [0.3, 0.4) is 0 Å². The first-order chi connectivity index (χ1) is 8.43. The van der Waals surface area contributed by atoms with Gasteiger partial charge in [0.1, 0.15) is 0 Å². The maximum Gasteiger partial charge on any atom is 0.183 e. The minimum Gasteiger partial charge on any atom is -0.312 e. The van der Waals surface area contributed by atoms with Crippen molar-refractivity contribution in [2.75, 3.05) is 7.05 Å². The molecule has 2 atom stereocenters. The average Bonchev–Trinajstić information content (AvgIpc) is 2.50. The highest BCUT2D eigenvalue weighted by atomic mass is 32.2. The molecule has 0 aliphatic carbocycles. The molecule has 2 rings (SSSR count). The van der Waals surface area contributed by atoms with Crippen LogP contribution in [0, 0.1) is 11.6 Å². The van der Waals surface area contributed by atoms with Gasteiger partial charge in [-0.25, -0.2) is 17.2 Å². The molecule has 1 N–H and O–H groups in total. The summed E-state index contributed by atoms with van der Waals surface area (Å²) in [5.74, 6) is -2.13. The Bertz CT molecular complexity index is 572. The smallest absolute Gasteiger partial charge is 0.183 e. The maximum absolute atomic E-state index is 13.3. The van der Waals surface area contributed by atoms with Crippen LogP contribution in [-0.2, 0) is 9.84 Å². The zero-order valence-electron chi connectivity index (χ0n) is 10.2. The number of fused-ring (bicyclic) bond motifs is 1. The van der Waals surface area contributed by atoms with E-state index in [-0.39, 0.29) is 4.90 Å². The van der Waals surface area contributed by atoms with Gasteiger partial charge in [0.2, 0.25) is 0 Å². The fourth-order valence-electron chi connectivity index (χ4n) is 2.52. The van der Waals surface area contributed by atoms with E-state index in [1.807, 2.05) is 6.92 Å². The van der Waals surface area contributed by atoms with E-state index in [1.54, 1.807) is 7.05 Å². The van der Waals surface area contributed by atoms with Crippen LogP contribution in [0.5, 0.6) is 0 Å². The number of halogens is 2. The molecule has 1 aliphatic heterocycles. The van der Waals surface area contributed by atoms with Crippen molar-refractivity contribution in [2.24, 2.45) is 0 Å². The summed E-state index contributed by atoms with van der Waals surface area (Å²) in [6, 6.07) is 1.30. The summed E-state index contributed by atoms with van der Waals surface area (Å²) in [5, 5.41) is 2.24. The van der Waals surface area contributed by atoms with E-state index in [1.165, 1.54) is 0 Å². The van der Waals surface area contributed by atoms with Crippen molar-refractivity contribution >= 4 is 9.84 Å². The molecule has 0 radical (unpaired) electrons. The highest BCUT2D eigenvalue weighted by Gasteiger charge is 2.44. The van der Waals surface area contributed by atoms with E-state index in [4.69, 9.17) is 0 Å². The van der Waals surface area contributed by atoms with Gasteiger partial charge in [0.15, 0.2) is 21.5 Å². The third-order valence-corrected chi connectivity index (χ3v) is 5.62. The van der Waals surface area contributed by atoms with Crippen LogP contribution >= 0.6 is 0 Å². The van der Waals surface area contributed by atoms with E-state index >= 15 is 0 Å². The Kier molecular flexibility index (Phi) is 3.42. The minimum atomic E-state index is -3.58. The van der Waals surface area contributed by atoms with Gasteiger partial charge in [0.05, 0.1) is 16.2 Å². The minimum absolute atomic E-state index is 0.0841. The molecule has 2 unspecified atom stereocenters. The zero-order valence-corrected chi connectivity index (χ0v) is 11.0. The van der Waals surface area contributed by atoms with Crippen molar-refractivity contribution in [1.82, 2.24) is 5.32 Å². The summed E-state index contributed by atoms with van der Waals surface area (Å²) in [4.78, 5) is -0.0841. The second kappa shape index (κ2) is 4.59. The fraction of sp³-hybridized carbons (Fsp3) is 0.500. The molecular weight excluding hydrogens is 260 g/mol. The van der Waals surface area contributed by atoms with Crippen molar-refractivity contribution in [1.29, 1.82) is 0 Å². The first kappa shape index (κ1) is 13.4. The summed E-state index contributed by atoms with van der Waals surface area (Å²) in [6.07, 6.45) is 1.16. The molecule has 1 aromatic rings. The second-order valence-corrected chi connectivity index (χ2v) is 6.58. The normalized spacial score (nSPS) is 25.1. The van der Waals surface area contributed by atoms with Crippen LogP contribution in [-0.4, -0.2) is 20.7 Å². The molecule has 1 aromatic carbocycles. The van der Waals surface area contributed by atoms with Gasteiger partial charge in [0.25, 0.3) is 0 Å². The Morgan fingerprint density at radius 1 is 1.28 bits per heavy atom. The van der Waals surface area contributed by atoms with Gasteiger partial charge < -0.3 is 5.32 Å². The van der Waals surface area contributed by atoms with Gasteiger partial charge in [-0.2, -0.15) is 0 Å². The van der Waals surface area contributed by atoms with E-state index in [9.17, 15) is 17.2 Å². The van der Waals surface area contributed by atoms with Gasteiger partial charge in [-0.1, -0.05) is 13.3 Å². The standard InChI is InChI=1S/C12H15F2NO2S/c1-3-4-10-12(15-2)7-5-8(13)9(14)6-11(7)18(10,16)17/h5-6,10,12,15H,3-4H2,1-2H3. The molecule has 0 amide bonds. The number of rotatable bonds is 3. The van der Waals surface area contributed by atoms with Crippen molar-refractivity contribution in [3.63, 3.8) is 0 Å². The number of benzene rings is 1. The lowest BCUT2D eigenvalue weighted by molar-refractivity contribution is 0.492. The predicted molar refractivity (Wildman–Crippen MR) is 64.0 cm³/mol. The SMILES string of the molecule is CCCC1C(NC)c2cc(F)c(F)cc2S1(=O)=O. The lowest BCUT2D eigenvalue weighted by Crippen LogP contribution is -2.29. The topological polar surface area (TPSA) is 46.2 Å². The monoisotopic (exact) mass is 275 g/mol. The van der Waals surface area contributed by atoms with Crippen LogP contribution in [0.4, 0.5) is 8.78 Å². The molecule has 3 nitrogen and oxygen atoms in total. The van der Waals surface area contributed by atoms with Crippen LogP contribution in [0.15, 0.2) is 17.0 Å². The lowest BCUT2D eigenvalue weighted by Gasteiger charge is -2.17. The van der Waals surface area contributed by atoms with E-state index in [0.717, 1.165) is 12.1 Å². The predicted octanol–water partition coefficient (Wildman–Crippen LogP) is 2.18. The molecule has 18 heavy (non-hydrogen) atoms. The number of nitrogens with one attached hydrogen (secondary N) is 1. The van der Waals surface area contributed by atoms with Gasteiger partial charge >= 0.3 is 0 Å². The van der Waals surface area contributed by atoms with Crippen molar-refractivity contribution in [3.05, 3.63) is 29.3 Å². The van der Waals surface area contributed by atoms with Gasteiger partial charge in [0, 0.05) is 0 Å². The summed E-state index contributed by atoms with van der Waals surface area (Å²) in [5.41, 5.74) is 0.329. The zero-order chi connectivity index (χ0) is 13.5. The van der Waals surface area contributed by atoms with Crippen LogP contribution in [0.1, 0.15) is 31.4 Å². The fourth-order valence-corrected chi connectivity index (χ4v) is 4.82. The Morgan fingerprint density at radius 3 is 2.44 bits per heavy atom. The molecule has 0 saturated carbocycles. The Hall–Kier alpha value is -1.01. The Morgan fingerprint density at radius 2 is 1.89 bits per heavy atom. The van der Waals surface area contributed by atoms with E-state index in [2.05, 4.69) is 5.32 Å². The number of sulfone groups is 1. The summed E-state index contributed by atoms with van der Waals surface area (Å²) >= 11 is 0. The molecule has 0 saturated heterocycles. The van der Waals surface area contributed by atoms with Gasteiger partial charge in [-0.3, -0.25) is 0 Å². The molecular formula is C12H15F2NO2S. The number of hydrogen-bond donors (Lipinski definition) is 1. The van der Waals surface area contributed by atoms with Crippen LogP contribution in [0.25, 0.3) is 0 Å². The Labute approximate surface area is 105 Å². The lowest BCUT2D eigenvalue weighted by atomic mass is 10.0. The average molecular weight is 275 g/mol. The molecule has 0 aromatic heterocycles. The molecule has 0 bridgehead atoms. The third-order valence-electron chi connectivity index (χ3n) is 3.35. The second-order valence-electron chi connectivity index (χ2n) is 4.44. The van der Waals surface area contributed by atoms with Crippen molar-refractivity contribution < 1.29 is 17.2 Å². The van der Waals surface area contributed by atoms with Crippen LogP contribution < -0.4 is 5.32 Å². The summed E-state index contributed by atoms with van der Waals surface area (Å²) in [7, 11) is -1.95. The highest BCUT2D eigenvalue weighted by molar-refractivity contribution is 7.92. The summed E-state index contributed by atoms with van der Waals surface area (Å²) in [6.45, 7) is 1.88. The van der Waals surface area contributed by atoms with Gasteiger partial charge in [-0.15, -0.1) is 0 Å². The first-order valence-electron chi connectivity index (χ1n) is 5.83. The maximum atomic E-state index is 13.3. The van der Waals surface area contributed by atoms with Crippen LogP contribution in [0.2, 0.25) is 0 Å². The molecule has 0 fully saturated rings. The molecule has 0 spiro atoms.